The van der Waals surface area contributed by atoms with E-state index in [0.717, 1.165) is 24.1 Å². The van der Waals surface area contributed by atoms with Gasteiger partial charge in [0.2, 0.25) is 5.91 Å². The summed E-state index contributed by atoms with van der Waals surface area (Å²) in [5, 5.41) is 5.62. The zero-order valence-electron chi connectivity index (χ0n) is 29.4. The lowest BCUT2D eigenvalue weighted by atomic mass is 10.0. The molecule has 0 spiro atoms. The molecular weight excluding hydrogens is 612 g/mol. The van der Waals surface area contributed by atoms with E-state index in [2.05, 4.69) is 15.6 Å². The van der Waals surface area contributed by atoms with Crippen LogP contribution in [0, 0.1) is 0 Å². The first-order valence-corrected chi connectivity index (χ1v) is 16.5. The van der Waals surface area contributed by atoms with Crippen molar-refractivity contribution in [1.82, 2.24) is 20.1 Å². The average molecular weight is 661 g/mol. The number of hydrogen-bond donors (Lipinski definition) is 2. The number of carbonyl (C=O) groups is 4. The molecule has 4 amide bonds. The van der Waals surface area contributed by atoms with Crippen LogP contribution in [-0.4, -0.2) is 75.5 Å². The molecule has 258 valence electrons. The molecule has 0 radical (unpaired) electrons. The second-order valence-corrected chi connectivity index (χ2v) is 14.0. The van der Waals surface area contributed by atoms with E-state index in [9.17, 15) is 19.2 Å². The number of pyridine rings is 1. The minimum absolute atomic E-state index is 0.0827. The summed E-state index contributed by atoms with van der Waals surface area (Å²) >= 11 is 0. The second kappa shape index (κ2) is 15.0. The molecule has 2 N–H and O–H groups in total. The normalized spacial score (nSPS) is 14.4. The van der Waals surface area contributed by atoms with Gasteiger partial charge >= 0.3 is 12.2 Å². The number of hydrogen-bond acceptors (Lipinski definition) is 8. The molecule has 0 unspecified atom stereocenters. The molecule has 0 atom stereocenters. The third-order valence-electron chi connectivity index (χ3n) is 7.38. The fourth-order valence-electron chi connectivity index (χ4n) is 5.38. The number of aromatic nitrogens is 1. The molecule has 0 saturated heterocycles. The molecular formula is C36H48N6O6. The maximum atomic E-state index is 13.7. The van der Waals surface area contributed by atoms with Gasteiger partial charge in [0.25, 0.3) is 5.91 Å². The predicted molar refractivity (Wildman–Crippen MR) is 185 cm³/mol. The predicted octanol–water partition coefficient (Wildman–Crippen LogP) is 6.62. The lowest BCUT2D eigenvalue weighted by Gasteiger charge is -2.31. The standard InChI is InChI=1S/C36H48N6O6/c1-9-14-41(15-10-2)32(44)25-17-23-11-12-24(19-29(23)39-30(20-25)40-33(45)47-35(3,4)5)31(43)38-27-18-26-22-42(16-13-28(26)37-21-27)34(46)48-36(6,7)8/h11-12,17-19,21H,9-10,13-16,20,22H2,1-8H3,(H,38,43)(H,39,40,45). The molecule has 0 fully saturated rings. The lowest BCUT2D eigenvalue weighted by molar-refractivity contribution is -0.127. The van der Waals surface area contributed by atoms with Gasteiger partial charge in [-0.05, 0) is 84.2 Å². The first-order valence-electron chi connectivity index (χ1n) is 16.5. The fourth-order valence-corrected chi connectivity index (χ4v) is 5.38. The van der Waals surface area contributed by atoms with Gasteiger partial charge in [-0.25, -0.2) is 14.6 Å². The van der Waals surface area contributed by atoms with Crippen molar-refractivity contribution in [2.75, 3.05) is 25.0 Å². The van der Waals surface area contributed by atoms with Crippen LogP contribution in [0.25, 0.3) is 6.08 Å². The number of amidine groups is 1. The monoisotopic (exact) mass is 660 g/mol. The van der Waals surface area contributed by atoms with Crippen LogP contribution >= 0.6 is 0 Å². The Bertz CT molecular complexity index is 1610. The van der Waals surface area contributed by atoms with Crippen molar-refractivity contribution in [3.05, 3.63) is 58.4 Å². The molecule has 0 bridgehead atoms. The van der Waals surface area contributed by atoms with E-state index in [-0.39, 0.29) is 18.2 Å². The Labute approximate surface area is 283 Å². The highest BCUT2D eigenvalue weighted by molar-refractivity contribution is 6.10. The van der Waals surface area contributed by atoms with Crippen molar-refractivity contribution in [2.24, 2.45) is 4.99 Å². The van der Waals surface area contributed by atoms with Crippen molar-refractivity contribution in [3.8, 4) is 0 Å². The zero-order valence-corrected chi connectivity index (χ0v) is 29.4. The quantitative estimate of drug-likeness (QED) is 0.340. The number of rotatable bonds is 7. The second-order valence-electron chi connectivity index (χ2n) is 14.0. The number of aliphatic imine (C=N–C) groups is 1. The topological polar surface area (TPSA) is 143 Å². The number of amides is 4. The average Bonchev–Trinajstić information content (AvgIpc) is 3.16. The molecule has 0 saturated carbocycles. The molecule has 1 aromatic heterocycles. The molecule has 1 aromatic carbocycles. The maximum Gasteiger partial charge on any atom is 0.413 e. The first-order chi connectivity index (χ1) is 22.5. The Morgan fingerprint density at radius 2 is 1.62 bits per heavy atom. The minimum atomic E-state index is -0.731. The summed E-state index contributed by atoms with van der Waals surface area (Å²) in [6.07, 6.45) is 4.58. The van der Waals surface area contributed by atoms with Crippen LogP contribution < -0.4 is 10.6 Å². The van der Waals surface area contributed by atoms with Crippen molar-refractivity contribution in [2.45, 2.75) is 98.8 Å². The van der Waals surface area contributed by atoms with Crippen LogP contribution in [0.4, 0.5) is 21.0 Å². The molecule has 3 heterocycles. The van der Waals surface area contributed by atoms with E-state index in [0.29, 0.717) is 60.7 Å². The molecule has 12 heteroatoms. The van der Waals surface area contributed by atoms with Crippen LogP contribution in [0.3, 0.4) is 0 Å². The van der Waals surface area contributed by atoms with Gasteiger partial charge in [0.05, 0.1) is 24.1 Å². The number of alkyl carbamates (subject to hydrolysis) is 1. The molecule has 4 rings (SSSR count). The van der Waals surface area contributed by atoms with E-state index in [1.165, 1.54) is 0 Å². The van der Waals surface area contributed by atoms with Gasteiger partial charge < -0.3 is 24.6 Å². The Morgan fingerprint density at radius 1 is 0.938 bits per heavy atom. The lowest BCUT2D eigenvalue weighted by Crippen LogP contribution is -2.40. The summed E-state index contributed by atoms with van der Waals surface area (Å²) in [5.41, 5.74) is 2.70. The van der Waals surface area contributed by atoms with Crippen molar-refractivity contribution in [3.63, 3.8) is 0 Å². The SMILES string of the molecule is CCCN(CCC)C(=O)C1=Cc2ccc(C(=O)Nc3cnc4c(c3)CN(C(=O)OC(C)(C)C)CC4)cc2N=C(NC(=O)OC(C)(C)C)C1. The highest BCUT2D eigenvalue weighted by Gasteiger charge is 2.28. The zero-order chi connectivity index (χ0) is 35.2. The van der Waals surface area contributed by atoms with E-state index in [1.54, 1.807) is 56.1 Å². The van der Waals surface area contributed by atoms with Gasteiger partial charge in [-0.1, -0.05) is 19.9 Å². The van der Waals surface area contributed by atoms with Crippen molar-refractivity contribution >= 4 is 47.3 Å². The van der Waals surface area contributed by atoms with Crippen LogP contribution in [0.5, 0.6) is 0 Å². The molecule has 48 heavy (non-hydrogen) atoms. The Hall–Kier alpha value is -4.74. The van der Waals surface area contributed by atoms with E-state index in [4.69, 9.17) is 14.5 Å². The van der Waals surface area contributed by atoms with E-state index in [1.807, 2.05) is 45.6 Å². The van der Waals surface area contributed by atoms with Gasteiger partial charge in [0.15, 0.2) is 0 Å². The van der Waals surface area contributed by atoms with Crippen molar-refractivity contribution < 1.29 is 28.7 Å². The third kappa shape index (κ3) is 9.88. The fraction of sp³-hybridized carbons (Fsp3) is 0.500. The summed E-state index contributed by atoms with van der Waals surface area (Å²) in [6, 6.07) is 6.85. The summed E-state index contributed by atoms with van der Waals surface area (Å²) in [5.74, 6) is -0.281. The number of fused-ring (bicyclic) bond motifs is 2. The highest BCUT2D eigenvalue weighted by atomic mass is 16.6. The van der Waals surface area contributed by atoms with E-state index >= 15 is 0 Å². The van der Waals surface area contributed by atoms with Gasteiger partial charge in [0.1, 0.15) is 17.0 Å². The van der Waals surface area contributed by atoms with Crippen LogP contribution in [0.15, 0.2) is 41.0 Å². The molecule has 0 aliphatic carbocycles. The number of ether oxygens (including phenoxy) is 2. The molecule has 2 aromatic rings. The van der Waals surface area contributed by atoms with Crippen LogP contribution in [-0.2, 0) is 27.2 Å². The van der Waals surface area contributed by atoms with Crippen LogP contribution in [0.2, 0.25) is 0 Å². The van der Waals surface area contributed by atoms with Gasteiger partial charge in [-0.3, -0.25) is 19.9 Å². The third-order valence-corrected chi connectivity index (χ3v) is 7.38. The maximum absolute atomic E-state index is 13.7. The summed E-state index contributed by atoms with van der Waals surface area (Å²) < 4.78 is 11.0. The number of nitrogens with zero attached hydrogens (tertiary/aromatic N) is 4. The van der Waals surface area contributed by atoms with E-state index < -0.39 is 29.3 Å². The van der Waals surface area contributed by atoms with Crippen LogP contribution in [0.1, 0.15) is 102 Å². The summed E-state index contributed by atoms with van der Waals surface area (Å²) in [4.78, 5) is 65.2. The number of nitrogens with one attached hydrogen (secondary N) is 2. The Morgan fingerprint density at radius 3 is 2.27 bits per heavy atom. The number of anilines is 1. The summed E-state index contributed by atoms with van der Waals surface area (Å²) in [7, 11) is 0. The van der Waals surface area contributed by atoms with Gasteiger partial charge in [-0.2, -0.15) is 0 Å². The highest BCUT2D eigenvalue weighted by Crippen LogP contribution is 2.30. The molecule has 12 nitrogen and oxygen atoms in total. The minimum Gasteiger partial charge on any atom is -0.444 e. The first kappa shape index (κ1) is 36.1. The molecule has 2 aliphatic rings. The largest absolute Gasteiger partial charge is 0.444 e. The smallest absolute Gasteiger partial charge is 0.413 e. The Kier molecular flexibility index (Phi) is 11.3. The van der Waals surface area contributed by atoms with Gasteiger partial charge in [0, 0.05) is 54.9 Å². The van der Waals surface area contributed by atoms with Gasteiger partial charge in [-0.15, -0.1) is 0 Å². The Balaban J connectivity index is 1.59. The number of benzene rings is 1. The van der Waals surface area contributed by atoms with Crippen molar-refractivity contribution in [1.29, 1.82) is 0 Å². The molecule has 2 aliphatic heterocycles. The summed E-state index contributed by atoms with van der Waals surface area (Å²) in [6.45, 7) is 16.9. The number of carbonyl (C=O) groups excluding carboxylic acids is 4.